The van der Waals surface area contributed by atoms with Gasteiger partial charge in [0.1, 0.15) is 5.82 Å². The fourth-order valence-corrected chi connectivity index (χ4v) is 4.01. The SMILES string of the molecule is NNc1nc(N2CCC3CCCCC32)c2ccccc2n1. The van der Waals surface area contributed by atoms with Gasteiger partial charge in [0.15, 0.2) is 0 Å². The number of hydrogen-bond acceptors (Lipinski definition) is 5. The Balaban J connectivity index is 1.81. The van der Waals surface area contributed by atoms with Crippen LogP contribution in [0.1, 0.15) is 32.1 Å². The molecule has 2 aliphatic rings. The summed E-state index contributed by atoms with van der Waals surface area (Å²) in [5, 5.41) is 1.13. The third-order valence-electron chi connectivity index (χ3n) is 4.99. The molecule has 1 aliphatic carbocycles. The minimum Gasteiger partial charge on any atom is -0.353 e. The molecule has 4 rings (SSSR count). The van der Waals surface area contributed by atoms with E-state index in [0.717, 1.165) is 29.2 Å². The number of aromatic nitrogens is 2. The van der Waals surface area contributed by atoms with Crippen molar-refractivity contribution in [1.29, 1.82) is 0 Å². The van der Waals surface area contributed by atoms with Crippen LogP contribution in [0.5, 0.6) is 0 Å². The molecule has 2 aromatic rings. The van der Waals surface area contributed by atoms with Gasteiger partial charge < -0.3 is 4.90 Å². The van der Waals surface area contributed by atoms with Gasteiger partial charge in [-0.15, -0.1) is 0 Å². The van der Waals surface area contributed by atoms with Crippen molar-refractivity contribution in [1.82, 2.24) is 9.97 Å². The van der Waals surface area contributed by atoms with Crippen molar-refractivity contribution in [3.05, 3.63) is 24.3 Å². The standard InChI is InChI=1S/C16H21N5/c17-20-16-18-13-7-3-2-6-12(13)15(19-16)21-10-9-11-5-1-4-8-14(11)21/h2-3,6-7,11,14H,1,4-5,8-10,17H2,(H,18,19,20). The Morgan fingerprint density at radius 1 is 1.10 bits per heavy atom. The van der Waals surface area contributed by atoms with Gasteiger partial charge >= 0.3 is 0 Å². The van der Waals surface area contributed by atoms with Gasteiger partial charge in [-0.2, -0.15) is 4.98 Å². The summed E-state index contributed by atoms with van der Waals surface area (Å²) in [7, 11) is 0. The number of fused-ring (bicyclic) bond motifs is 2. The number of hydrazine groups is 1. The summed E-state index contributed by atoms with van der Waals surface area (Å²) in [6.07, 6.45) is 6.66. The van der Waals surface area contributed by atoms with Crippen LogP contribution >= 0.6 is 0 Å². The number of hydrogen-bond donors (Lipinski definition) is 2. The summed E-state index contributed by atoms with van der Waals surface area (Å²) in [6, 6.07) is 8.84. The lowest BCUT2D eigenvalue weighted by atomic mass is 9.85. The van der Waals surface area contributed by atoms with Crippen LogP contribution in [0.3, 0.4) is 0 Å². The van der Waals surface area contributed by atoms with Gasteiger partial charge in [0.25, 0.3) is 0 Å². The number of anilines is 2. The third-order valence-corrected chi connectivity index (χ3v) is 4.99. The zero-order chi connectivity index (χ0) is 14.2. The Morgan fingerprint density at radius 3 is 2.86 bits per heavy atom. The van der Waals surface area contributed by atoms with E-state index >= 15 is 0 Å². The van der Waals surface area contributed by atoms with Crippen LogP contribution in [0.25, 0.3) is 10.9 Å². The second kappa shape index (κ2) is 5.15. The lowest BCUT2D eigenvalue weighted by Crippen LogP contribution is -2.35. The van der Waals surface area contributed by atoms with E-state index < -0.39 is 0 Å². The number of nitrogens with one attached hydrogen (secondary N) is 1. The average Bonchev–Trinajstić information content (AvgIpc) is 2.97. The van der Waals surface area contributed by atoms with E-state index in [4.69, 9.17) is 5.84 Å². The van der Waals surface area contributed by atoms with Crippen molar-refractivity contribution >= 4 is 22.7 Å². The third kappa shape index (κ3) is 2.12. The molecule has 5 heteroatoms. The van der Waals surface area contributed by atoms with Gasteiger partial charge in [-0.25, -0.2) is 10.8 Å². The van der Waals surface area contributed by atoms with Crippen LogP contribution < -0.4 is 16.2 Å². The largest absolute Gasteiger partial charge is 0.353 e. The number of para-hydroxylation sites is 1. The molecule has 2 atom stereocenters. The molecular formula is C16H21N5. The highest BCUT2D eigenvalue weighted by molar-refractivity contribution is 5.90. The van der Waals surface area contributed by atoms with Crippen molar-refractivity contribution in [2.24, 2.45) is 11.8 Å². The lowest BCUT2D eigenvalue weighted by Gasteiger charge is -2.33. The second-order valence-electron chi connectivity index (χ2n) is 6.13. The number of rotatable bonds is 2. The zero-order valence-electron chi connectivity index (χ0n) is 12.1. The molecule has 2 fully saturated rings. The van der Waals surface area contributed by atoms with Crippen LogP contribution in [0, 0.1) is 5.92 Å². The molecule has 21 heavy (non-hydrogen) atoms. The number of nitrogen functional groups attached to an aromatic ring is 1. The van der Waals surface area contributed by atoms with E-state index in [-0.39, 0.29) is 0 Å². The van der Waals surface area contributed by atoms with Crippen LogP contribution in [0.15, 0.2) is 24.3 Å². The second-order valence-corrected chi connectivity index (χ2v) is 6.13. The fourth-order valence-electron chi connectivity index (χ4n) is 4.01. The molecule has 1 aliphatic heterocycles. The van der Waals surface area contributed by atoms with Gasteiger partial charge in [-0.1, -0.05) is 25.0 Å². The van der Waals surface area contributed by atoms with Crippen molar-refractivity contribution in [2.75, 3.05) is 16.9 Å². The molecule has 1 saturated heterocycles. The van der Waals surface area contributed by atoms with Crippen molar-refractivity contribution in [3.8, 4) is 0 Å². The predicted molar refractivity (Wildman–Crippen MR) is 85.1 cm³/mol. The van der Waals surface area contributed by atoms with Gasteiger partial charge in [0.05, 0.1) is 5.52 Å². The van der Waals surface area contributed by atoms with Crippen LogP contribution in [-0.2, 0) is 0 Å². The van der Waals surface area contributed by atoms with Gasteiger partial charge in [-0.3, -0.25) is 5.43 Å². The molecule has 0 amide bonds. The summed E-state index contributed by atoms with van der Waals surface area (Å²) in [4.78, 5) is 11.6. The molecule has 0 bridgehead atoms. The lowest BCUT2D eigenvalue weighted by molar-refractivity contribution is 0.341. The van der Waals surface area contributed by atoms with E-state index in [1.807, 2.05) is 12.1 Å². The molecule has 110 valence electrons. The smallest absolute Gasteiger partial charge is 0.239 e. The van der Waals surface area contributed by atoms with Crippen LogP contribution in [-0.4, -0.2) is 22.6 Å². The Labute approximate surface area is 124 Å². The first kappa shape index (κ1) is 12.8. The quantitative estimate of drug-likeness (QED) is 0.655. The minimum absolute atomic E-state index is 0.503. The normalized spacial score (nSPS) is 25.1. The van der Waals surface area contributed by atoms with Gasteiger partial charge in [0.2, 0.25) is 5.95 Å². The molecular weight excluding hydrogens is 262 g/mol. The summed E-state index contributed by atoms with van der Waals surface area (Å²) in [5.41, 5.74) is 3.56. The first-order chi connectivity index (χ1) is 10.4. The predicted octanol–water partition coefficient (Wildman–Crippen LogP) is 2.68. The van der Waals surface area contributed by atoms with E-state index in [9.17, 15) is 0 Å². The van der Waals surface area contributed by atoms with Crippen LogP contribution in [0.2, 0.25) is 0 Å². The van der Waals surface area contributed by atoms with Gasteiger partial charge in [0, 0.05) is 18.0 Å². The van der Waals surface area contributed by atoms with Crippen molar-refractivity contribution in [2.45, 2.75) is 38.1 Å². The molecule has 0 spiro atoms. The number of nitrogens with two attached hydrogens (primary N) is 1. The van der Waals surface area contributed by atoms with E-state index in [1.165, 1.54) is 32.1 Å². The van der Waals surface area contributed by atoms with Gasteiger partial charge in [-0.05, 0) is 37.3 Å². The molecule has 3 N–H and O–H groups in total. The van der Waals surface area contributed by atoms with Crippen LogP contribution in [0.4, 0.5) is 11.8 Å². The molecule has 1 aromatic carbocycles. The Kier molecular flexibility index (Phi) is 3.15. The fraction of sp³-hybridized carbons (Fsp3) is 0.500. The van der Waals surface area contributed by atoms with E-state index in [0.29, 0.717) is 12.0 Å². The Bertz CT molecular complexity index is 656. The Morgan fingerprint density at radius 2 is 1.95 bits per heavy atom. The maximum Gasteiger partial charge on any atom is 0.239 e. The highest BCUT2D eigenvalue weighted by Gasteiger charge is 2.37. The summed E-state index contributed by atoms with van der Waals surface area (Å²) in [5.74, 6) is 7.93. The summed E-state index contributed by atoms with van der Waals surface area (Å²) >= 11 is 0. The minimum atomic E-state index is 0.503. The molecule has 0 radical (unpaired) electrons. The number of benzene rings is 1. The van der Waals surface area contributed by atoms with Crippen molar-refractivity contribution in [3.63, 3.8) is 0 Å². The van der Waals surface area contributed by atoms with E-state index in [1.54, 1.807) is 0 Å². The summed E-state index contributed by atoms with van der Waals surface area (Å²) in [6.45, 7) is 1.10. The maximum atomic E-state index is 5.55. The number of nitrogens with zero attached hydrogens (tertiary/aromatic N) is 3. The highest BCUT2D eigenvalue weighted by Crippen LogP contribution is 2.40. The van der Waals surface area contributed by atoms with Crippen molar-refractivity contribution < 1.29 is 0 Å². The molecule has 2 unspecified atom stereocenters. The highest BCUT2D eigenvalue weighted by atomic mass is 15.3. The molecule has 5 nitrogen and oxygen atoms in total. The maximum absolute atomic E-state index is 5.55. The first-order valence-electron chi connectivity index (χ1n) is 7.87. The molecule has 2 heterocycles. The monoisotopic (exact) mass is 283 g/mol. The first-order valence-corrected chi connectivity index (χ1v) is 7.87. The summed E-state index contributed by atoms with van der Waals surface area (Å²) < 4.78 is 0. The Hall–Kier alpha value is -1.88. The zero-order valence-corrected chi connectivity index (χ0v) is 12.1. The topological polar surface area (TPSA) is 67.1 Å². The average molecular weight is 283 g/mol. The molecule has 1 saturated carbocycles. The van der Waals surface area contributed by atoms with E-state index in [2.05, 4.69) is 32.4 Å². The molecule has 1 aromatic heterocycles.